The number of hydrogen-bond acceptors (Lipinski definition) is 5. The molecule has 164 valence electrons. The zero-order valence-electron chi connectivity index (χ0n) is 18.0. The highest BCUT2D eigenvalue weighted by atomic mass is 32.1. The molecule has 0 aliphatic carbocycles. The van der Waals surface area contributed by atoms with E-state index in [4.69, 9.17) is 0 Å². The predicted octanol–water partition coefficient (Wildman–Crippen LogP) is 4.22. The second-order valence-electron chi connectivity index (χ2n) is 8.11. The minimum absolute atomic E-state index is 0.128. The predicted molar refractivity (Wildman–Crippen MR) is 126 cm³/mol. The van der Waals surface area contributed by atoms with Gasteiger partial charge in [0.1, 0.15) is 0 Å². The fourth-order valence-corrected chi connectivity index (χ4v) is 5.14. The van der Waals surface area contributed by atoms with E-state index >= 15 is 0 Å². The van der Waals surface area contributed by atoms with Gasteiger partial charge >= 0.3 is 0 Å². The van der Waals surface area contributed by atoms with Crippen molar-refractivity contribution in [1.82, 2.24) is 20.0 Å². The van der Waals surface area contributed by atoms with Crippen molar-refractivity contribution in [2.75, 3.05) is 19.6 Å². The van der Waals surface area contributed by atoms with Crippen LogP contribution in [0.1, 0.15) is 60.4 Å². The quantitative estimate of drug-likeness (QED) is 0.508. The standard InChI is InChI=1S/C24H30N4O2S/c1-2-3-6-15-28-24(30)19-11-5-4-10-18(19)22(26-28)23(29)25-17-20(21-12-9-16-31-21)27-13-7-8-14-27/h4-5,9-12,16,20H,2-3,6-8,13-15,17H2,1H3,(H,25,29). The summed E-state index contributed by atoms with van der Waals surface area (Å²) in [6, 6.07) is 11.7. The molecule has 6 nitrogen and oxygen atoms in total. The molecule has 1 N–H and O–H groups in total. The lowest BCUT2D eigenvalue weighted by Gasteiger charge is -2.27. The zero-order valence-corrected chi connectivity index (χ0v) is 18.9. The highest BCUT2D eigenvalue weighted by Gasteiger charge is 2.25. The number of benzene rings is 1. The van der Waals surface area contributed by atoms with Crippen molar-refractivity contribution in [2.24, 2.45) is 0 Å². The number of nitrogens with one attached hydrogen (secondary N) is 1. The van der Waals surface area contributed by atoms with Crippen LogP contribution < -0.4 is 10.9 Å². The molecule has 1 atom stereocenters. The number of unbranched alkanes of at least 4 members (excludes halogenated alkanes) is 2. The van der Waals surface area contributed by atoms with Crippen molar-refractivity contribution in [3.8, 4) is 0 Å². The molecule has 0 bridgehead atoms. The van der Waals surface area contributed by atoms with Gasteiger partial charge in [0.25, 0.3) is 11.5 Å². The topological polar surface area (TPSA) is 67.2 Å². The summed E-state index contributed by atoms with van der Waals surface area (Å²) in [7, 11) is 0. The minimum atomic E-state index is -0.221. The summed E-state index contributed by atoms with van der Waals surface area (Å²) in [5.74, 6) is -0.221. The maximum Gasteiger partial charge on any atom is 0.274 e. The fraction of sp³-hybridized carbons (Fsp3) is 0.458. The molecule has 0 radical (unpaired) electrons. The van der Waals surface area contributed by atoms with Crippen molar-refractivity contribution >= 4 is 28.0 Å². The number of aryl methyl sites for hydroxylation is 1. The molecule has 1 aliphatic rings. The molecule has 31 heavy (non-hydrogen) atoms. The third-order valence-corrected chi connectivity index (χ3v) is 6.94. The number of hydrogen-bond donors (Lipinski definition) is 1. The maximum absolute atomic E-state index is 13.2. The van der Waals surface area contributed by atoms with Gasteiger partial charge in [-0.2, -0.15) is 5.10 Å². The van der Waals surface area contributed by atoms with Crippen molar-refractivity contribution in [3.05, 3.63) is 62.7 Å². The number of amides is 1. The smallest absolute Gasteiger partial charge is 0.274 e. The van der Waals surface area contributed by atoms with Crippen molar-refractivity contribution < 1.29 is 4.79 Å². The number of thiophene rings is 1. The molecule has 1 amide bonds. The van der Waals surface area contributed by atoms with Gasteiger partial charge in [0.05, 0.1) is 11.4 Å². The maximum atomic E-state index is 13.2. The van der Waals surface area contributed by atoms with Crippen LogP contribution in [0.5, 0.6) is 0 Å². The van der Waals surface area contributed by atoms with E-state index in [1.54, 1.807) is 17.4 Å². The summed E-state index contributed by atoms with van der Waals surface area (Å²) >= 11 is 1.73. The molecule has 1 aromatic carbocycles. The van der Waals surface area contributed by atoms with Crippen molar-refractivity contribution in [3.63, 3.8) is 0 Å². The van der Waals surface area contributed by atoms with Crippen LogP contribution in [-0.2, 0) is 6.54 Å². The molecule has 2 aromatic heterocycles. The first-order chi connectivity index (χ1) is 15.2. The summed E-state index contributed by atoms with van der Waals surface area (Å²) in [5.41, 5.74) is 0.204. The molecule has 7 heteroatoms. The SMILES string of the molecule is CCCCCn1nc(C(=O)NCC(c2cccs2)N2CCCC2)c2ccccc2c1=O. The Morgan fingerprint density at radius 1 is 1.13 bits per heavy atom. The number of aromatic nitrogens is 2. The van der Waals surface area contributed by atoms with Crippen molar-refractivity contribution in [1.29, 1.82) is 0 Å². The summed E-state index contributed by atoms with van der Waals surface area (Å²) in [5, 5.41) is 10.9. The summed E-state index contributed by atoms with van der Waals surface area (Å²) in [6.07, 6.45) is 5.37. The fourth-order valence-electron chi connectivity index (χ4n) is 4.28. The monoisotopic (exact) mass is 438 g/mol. The summed E-state index contributed by atoms with van der Waals surface area (Å²) in [6.45, 7) is 5.30. The van der Waals surface area contributed by atoms with Gasteiger partial charge in [0.15, 0.2) is 5.69 Å². The Morgan fingerprint density at radius 2 is 1.90 bits per heavy atom. The Labute approximate surface area is 186 Å². The third-order valence-electron chi connectivity index (χ3n) is 5.97. The molecule has 4 rings (SSSR count). The molecule has 1 aliphatic heterocycles. The van der Waals surface area contributed by atoms with E-state index in [2.05, 4.69) is 39.8 Å². The highest BCUT2D eigenvalue weighted by molar-refractivity contribution is 7.10. The zero-order chi connectivity index (χ0) is 21.6. The molecule has 0 saturated carbocycles. The van der Waals surface area contributed by atoms with Crippen LogP contribution in [0.4, 0.5) is 0 Å². The van der Waals surface area contributed by atoms with Gasteiger partial charge < -0.3 is 5.32 Å². The van der Waals surface area contributed by atoms with E-state index in [-0.39, 0.29) is 17.5 Å². The third kappa shape index (κ3) is 4.88. The molecule has 1 saturated heterocycles. The first-order valence-corrected chi connectivity index (χ1v) is 12.1. The molecule has 3 aromatic rings. The lowest BCUT2D eigenvalue weighted by molar-refractivity contribution is 0.0933. The Kier molecular flexibility index (Phi) is 7.14. The second-order valence-corrected chi connectivity index (χ2v) is 9.09. The van der Waals surface area contributed by atoms with Crippen LogP contribution >= 0.6 is 11.3 Å². The van der Waals surface area contributed by atoms with Gasteiger partial charge in [-0.25, -0.2) is 4.68 Å². The number of carbonyl (C=O) groups excluding carboxylic acids is 1. The van der Waals surface area contributed by atoms with Gasteiger partial charge in [-0.3, -0.25) is 14.5 Å². The average Bonchev–Trinajstić information content (AvgIpc) is 3.51. The van der Waals surface area contributed by atoms with Crippen LogP contribution in [0.2, 0.25) is 0 Å². The Hall–Kier alpha value is -2.51. The first-order valence-electron chi connectivity index (χ1n) is 11.2. The van der Waals surface area contributed by atoms with Gasteiger partial charge in [-0.05, 0) is 49.9 Å². The van der Waals surface area contributed by atoms with Crippen molar-refractivity contribution in [2.45, 2.75) is 51.6 Å². The normalized spacial score (nSPS) is 15.4. The highest BCUT2D eigenvalue weighted by Crippen LogP contribution is 2.28. The largest absolute Gasteiger partial charge is 0.349 e. The van der Waals surface area contributed by atoms with Crippen LogP contribution in [0.25, 0.3) is 10.8 Å². The van der Waals surface area contributed by atoms with E-state index in [1.807, 2.05) is 18.2 Å². The van der Waals surface area contributed by atoms with Gasteiger partial charge in [0.2, 0.25) is 0 Å². The molecule has 3 heterocycles. The molecule has 1 unspecified atom stereocenters. The van der Waals surface area contributed by atoms with E-state index in [1.165, 1.54) is 22.4 Å². The van der Waals surface area contributed by atoms with Crippen LogP contribution in [0.15, 0.2) is 46.6 Å². The van der Waals surface area contributed by atoms with Gasteiger partial charge in [-0.15, -0.1) is 11.3 Å². The number of carbonyl (C=O) groups is 1. The van der Waals surface area contributed by atoms with Gasteiger partial charge in [0, 0.05) is 23.4 Å². The van der Waals surface area contributed by atoms with Crippen LogP contribution in [0, 0.1) is 0 Å². The summed E-state index contributed by atoms with van der Waals surface area (Å²) < 4.78 is 1.46. The number of rotatable bonds is 9. The average molecular weight is 439 g/mol. The number of likely N-dealkylation sites (tertiary alicyclic amines) is 1. The van der Waals surface area contributed by atoms with E-state index < -0.39 is 0 Å². The Balaban J connectivity index is 1.59. The lowest BCUT2D eigenvalue weighted by Crippen LogP contribution is -2.37. The van der Waals surface area contributed by atoms with E-state index in [9.17, 15) is 9.59 Å². The minimum Gasteiger partial charge on any atom is -0.349 e. The lowest BCUT2D eigenvalue weighted by atomic mass is 10.1. The first kappa shape index (κ1) is 21.7. The Bertz CT molecular complexity index is 1070. The number of fused-ring (bicyclic) bond motifs is 1. The molecule has 0 spiro atoms. The molecular weight excluding hydrogens is 408 g/mol. The van der Waals surface area contributed by atoms with Gasteiger partial charge in [-0.1, -0.05) is 44.0 Å². The summed E-state index contributed by atoms with van der Waals surface area (Å²) in [4.78, 5) is 29.8. The second kappa shape index (κ2) is 10.2. The van der Waals surface area contributed by atoms with Crippen LogP contribution in [-0.4, -0.2) is 40.2 Å². The van der Waals surface area contributed by atoms with Crippen LogP contribution in [0.3, 0.4) is 0 Å². The van der Waals surface area contributed by atoms with E-state index in [0.717, 1.165) is 32.4 Å². The Morgan fingerprint density at radius 3 is 2.61 bits per heavy atom. The van der Waals surface area contributed by atoms with E-state index in [0.29, 0.717) is 29.6 Å². The number of nitrogens with zero attached hydrogens (tertiary/aromatic N) is 3. The molecular formula is C24H30N4O2S. The molecule has 1 fully saturated rings.